The van der Waals surface area contributed by atoms with Gasteiger partial charge in [-0.25, -0.2) is 0 Å². The minimum atomic E-state index is -1.58. The second kappa shape index (κ2) is 3.68. The summed E-state index contributed by atoms with van der Waals surface area (Å²) in [6.07, 6.45) is 0. The van der Waals surface area contributed by atoms with Crippen molar-refractivity contribution in [2.75, 3.05) is 5.32 Å². The third-order valence-electron chi connectivity index (χ3n) is 3.33. The van der Waals surface area contributed by atoms with Crippen LogP contribution in [0.5, 0.6) is 0 Å². The van der Waals surface area contributed by atoms with Crippen molar-refractivity contribution in [3.8, 4) is 0 Å². The summed E-state index contributed by atoms with van der Waals surface area (Å²) in [5.41, 5.74) is 1.32. The van der Waals surface area contributed by atoms with E-state index in [0.29, 0.717) is 16.8 Å². The van der Waals surface area contributed by atoms with Gasteiger partial charge in [-0.1, -0.05) is 48.0 Å². The lowest BCUT2D eigenvalue weighted by molar-refractivity contribution is -0.129. The molecule has 0 bridgehead atoms. The summed E-state index contributed by atoms with van der Waals surface area (Å²) in [5.74, 6) is -0.394. The maximum absolute atomic E-state index is 12.1. The normalized spacial score (nSPS) is 21.6. The smallest absolute Gasteiger partial charge is 0.265 e. The summed E-state index contributed by atoms with van der Waals surface area (Å²) in [6.45, 7) is 1.94. The summed E-state index contributed by atoms with van der Waals surface area (Å²) in [6, 6.07) is 14.6. The van der Waals surface area contributed by atoms with Gasteiger partial charge in [-0.3, -0.25) is 4.79 Å². The minimum Gasteiger partial charge on any atom is -0.372 e. The van der Waals surface area contributed by atoms with E-state index in [2.05, 4.69) is 5.32 Å². The van der Waals surface area contributed by atoms with E-state index >= 15 is 0 Å². The van der Waals surface area contributed by atoms with Crippen LogP contribution >= 0.6 is 0 Å². The van der Waals surface area contributed by atoms with Crippen LogP contribution in [0.25, 0.3) is 0 Å². The number of carbonyl (C=O) groups excluding carboxylic acids is 1. The topological polar surface area (TPSA) is 49.3 Å². The van der Waals surface area contributed by atoms with Crippen molar-refractivity contribution in [1.82, 2.24) is 0 Å². The zero-order chi connectivity index (χ0) is 12.8. The Balaban J connectivity index is 2.23. The number of fused-ring (bicyclic) bond motifs is 1. The SMILES string of the molecule is Cc1cccc([C@]2(O)C(=O)Nc3ccccc32)c1. The van der Waals surface area contributed by atoms with Crippen molar-refractivity contribution in [2.24, 2.45) is 0 Å². The van der Waals surface area contributed by atoms with Crippen molar-refractivity contribution < 1.29 is 9.90 Å². The Bertz CT molecular complexity index is 636. The standard InChI is InChI=1S/C15H13NO2/c1-10-5-4-6-11(9-10)15(18)12-7-2-3-8-13(12)16-14(15)17/h2-9,18H,1H3,(H,16,17)/t15-/m1/s1. The van der Waals surface area contributed by atoms with Crippen molar-refractivity contribution in [3.05, 3.63) is 65.2 Å². The van der Waals surface area contributed by atoms with Gasteiger partial charge in [0.1, 0.15) is 0 Å². The van der Waals surface area contributed by atoms with Gasteiger partial charge in [0.05, 0.1) is 0 Å². The van der Waals surface area contributed by atoms with Gasteiger partial charge in [-0.05, 0) is 18.6 Å². The molecule has 3 rings (SSSR count). The number of benzene rings is 2. The lowest BCUT2D eigenvalue weighted by Gasteiger charge is -2.21. The summed E-state index contributed by atoms with van der Waals surface area (Å²) in [7, 11) is 0. The molecule has 0 aliphatic carbocycles. The molecular formula is C15H13NO2. The van der Waals surface area contributed by atoms with Crippen LogP contribution in [0.4, 0.5) is 5.69 Å². The molecule has 0 saturated heterocycles. The third-order valence-corrected chi connectivity index (χ3v) is 3.33. The van der Waals surface area contributed by atoms with Crippen LogP contribution in [0.3, 0.4) is 0 Å². The molecule has 2 aromatic carbocycles. The average molecular weight is 239 g/mol. The van der Waals surface area contributed by atoms with E-state index in [0.717, 1.165) is 5.56 Å². The first-order chi connectivity index (χ1) is 8.62. The van der Waals surface area contributed by atoms with E-state index in [4.69, 9.17) is 0 Å². The van der Waals surface area contributed by atoms with Gasteiger partial charge < -0.3 is 10.4 Å². The zero-order valence-corrected chi connectivity index (χ0v) is 9.97. The van der Waals surface area contributed by atoms with Crippen LogP contribution in [0.1, 0.15) is 16.7 Å². The Labute approximate surface area is 105 Å². The van der Waals surface area contributed by atoms with Crippen molar-refractivity contribution in [2.45, 2.75) is 12.5 Å². The number of hydrogen-bond donors (Lipinski definition) is 2. The van der Waals surface area contributed by atoms with Gasteiger partial charge in [0.25, 0.3) is 5.91 Å². The van der Waals surface area contributed by atoms with Gasteiger partial charge in [0.2, 0.25) is 0 Å². The van der Waals surface area contributed by atoms with Crippen LogP contribution in [0.15, 0.2) is 48.5 Å². The van der Waals surface area contributed by atoms with E-state index in [1.807, 2.05) is 37.3 Å². The Hall–Kier alpha value is -2.13. The molecule has 0 radical (unpaired) electrons. The molecule has 1 aliphatic rings. The Morgan fingerprint density at radius 2 is 1.89 bits per heavy atom. The molecule has 2 N–H and O–H groups in total. The molecule has 1 atom stereocenters. The van der Waals surface area contributed by atoms with E-state index in [1.54, 1.807) is 18.2 Å². The fourth-order valence-corrected chi connectivity index (χ4v) is 2.40. The highest BCUT2D eigenvalue weighted by Gasteiger charge is 2.46. The van der Waals surface area contributed by atoms with E-state index in [9.17, 15) is 9.90 Å². The molecule has 90 valence electrons. The molecule has 18 heavy (non-hydrogen) atoms. The van der Waals surface area contributed by atoms with Crippen LogP contribution in [-0.4, -0.2) is 11.0 Å². The molecule has 0 aromatic heterocycles. The third kappa shape index (κ3) is 1.38. The number of aliphatic hydroxyl groups is 1. The van der Waals surface area contributed by atoms with Gasteiger partial charge in [-0.15, -0.1) is 0 Å². The average Bonchev–Trinajstić information content (AvgIpc) is 2.63. The number of hydrogen-bond acceptors (Lipinski definition) is 2. The van der Waals surface area contributed by atoms with Crippen molar-refractivity contribution in [3.63, 3.8) is 0 Å². The van der Waals surface area contributed by atoms with E-state index in [1.165, 1.54) is 0 Å². The van der Waals surface area contributed by atoms with Crippen molar-refractivity contribution in [1.29, 1.82) is 0 Å². The van der Waals surface area contributed by atoms with E-state index in [-0.39, 0.29) is 0 Å². The molecule has 0 saturated carbocycles. The number of amides is 1. The van der Waals surface area contributed by atoms with Crippen LogP contribution in [0, 0.1) is 6.92 Å². The second-order valence-corrected chi connectivity index (χ2v) is 4.58. The number of para-hydroxylation sites is 1. The van der Waals surface area contributed by atoms with Gasteiger partial charge in [0, 0.05) is 11.3 Å². The molecule has 0 unspecified atom stereocenters. The molecule has 1 heterocycles. The fraction of sp³-hybridized carbons (Fsp3) is 0.133. The molecule has 2 aromatic rings. The fourth-order valence-electron chi connectivity index (χ4n) is 2.40. The number of carbonyl (C=O) groups is 1. The molecule has 1 amide bonds. The lowest BCUT2D eigenvalue weighted by Crippen LogP contribution is -2.35. The summed E-state index contributed by atoms with van der Waals surface area (Å²) in [5, 5.41) is 13.5. The number of nitrogens with one attached hydrogen (secondary N) is 1. The molecule has 0 spiro atoms. The van der Waals surface area contributed by atoms with Gasteiger partial charge in [-0.2, -0.15) is 0 Å². The van der Waals surface area contributed by atoms with Crippen molar-refractivity contribution >= 4 is 11.6 Å². The highest BCUT2D eigenvalue weighted by atomic mass is 16.3. The number of anilines is 1. The van der Waals surface area contributed by atoms with Crippen LogP contribution in [0.2, 0.25) is 0 Å². The summed E-state index contributed by atoms with van der Waals surface area (Å²) < 4.78 is 0. The van der Waals surface area contributed by atoms with Crippen LogP contribution in [-0.2, 0) is 10.4 Å². The number of rotatable bonds is 1. The maximum atomic E-state index is 12.1. The first-order valence-corrected chi connectivity index (χ1v) is 5.83. The minimum absolute atomic E-state index is 0.394. The summed E-state index contributed by atoms with van der Waals surface area (Å²) >= 11 is 0. The monoisotopic (exact) mass is 239 g/mol. The predicted molar refractivity (Wildman–Crippen MR) is 69.2 cm³/mol. The lowest BCUT2D eigenvalue weighted by atomic mass is 9.87. The molecule has 0 fully saturated rings. The van der Waals surface area contributed by atoms with Crippen LogP contribution < -0.4 is 5.32 Å². The van der Waals surface area contributed by atoms with Gasteiger partial charge >= 0.3 is 0 Å². The van der Waals surface area contributed by atoms with Gasteiger partial charge in [0.15, 0.2) is 5.60 Å². The molecule has 1 aliphatic heterocycles. The molecular weight excluding hydrogens is 226 g/mol. The first kappa shape index (κ1) is 11.0. The predicted octanol–water partition coefficient (Wildman–Crippen LogP) is 2.18. The number of aryl methyl sites for hydroxylation is 1. The summed E-state index contributed by atoms with van der Waals surface area (Å²) in [4.78, 5) is 12.1. The molecule has 3 heteroatoms. The largest absolute Gasteiger partial charge is 0.372 e. The Morgan fingerprint density at radius 1 is 1.11 bits per heavy atom. The highest BCUT2D eigenvalue weighted by molar-refractivity contribution is 6.07. The first-order valence-electron chi connectivity index (χ1n) is 5.83. The molecule has 3 nitrogen and oxygen atoms in total. The second-order valence-electron chi connectivity index (χ2n) is 4.58. The highest BCUT2D eigenvalue weighted by Crippen LogP contribution is 2.40. The quantitative estimate of drug-likeness (QED) is 0.801. The zero-order valence-electron chi connectivity index (χ0n) is 9.97. The Morgan fingerprint density at radius 3 is 2.67 bits per heavy atom. The maximum Gasteiger partial charge on any atom is 0.265 e. The van der Waals surface area contributed by atoms with E-state index < -0.39 is 11.5 Å². The Kier molecular flexibility index (Phi) is 2.25.